The second-order valence-corrected chi connectivity index (χ2v) is 9.68. The highest BCUT2D eigenvalue weighted by atomic mass is 32.2. The lowest BCUT2D eigenvalue weighted by Gasteiger charge is -2.27. The third-order valence-electron chi connectivity index (χ3n) is 5.49. The van der Waals surface area contributed by atoms with Crippen LogP contribution >= 0.6 is 0 Å². The van der Waals surface area contributed by atoms with E-state index in [9.17, 15) is 13.2 Å². The van der Waals surface area contributed by atoms with Gasteiger partial charge in [-0.3, -0.25) is 14.4 Å². The number of carbonyl (C=O) groups excluding carboxylic acids is 1. The van der Waals surface area contributed by atoms with Gasteiger partial charge in [0.15, 0.2) is 0 Å². The molecule has 4 rings (SSSR count). The summed E-state index contributed by atoms with van der Waals surface area (Å²) in [4.78, 5) is 15.2. The molecule has 1 aliphatic rings. The minimum atomic E-state index is -3.75. The van der Waals surface area contributed by atoms with E-state index in [1.165, 1.54) is 24.3 Å². The summed E-state index contributed by atoms with van der Waals surface area (Å²) in [6.45, 7) is 5.79. The Morgan fingerprint density at radius 1 is 0.939 bits per heavy atom. The van der Waals surface area contributed by atoms with Crippen LogP contribution in [0.15, 0.2) is 77.7 Å². The van der Waals surface area contributed by atoms with Crippen molar-refractivity contribution >= 4 is 27.3 Å². The SMILES string of the molecule is Cc1ccc(NS(=O)(=O)c2ccc(C(=O)Nc3ccccc3CN3CCOCC3)cc2)cc1. The molecule has 0 bridgehead atoms. The highest BCUT2D eigenvalue weighted by Gasteiger charge is 2.17. The Labute approximate surface area is 194 Å². The van der Waals surface area contributed by atoms with Gasteiger partial charge in [0.05, 0.1) is 18.1 Å². The monoisotopic (exact) mass is 465 g/mol. The van der Waals surface area contributed by atoms with Crippen molar-refractivity contribution in [3.63, 3.8) is 0 Å². The van der Waals surface area contributed by atoms with E-state index in [-0.39, 0.29) is 10.8 Å². The predicted molar refractivity (Wildman–Crippen MR) is 129 cm³/mol. The Balaban J connectivity index is 1.44. The first-order chi connectivity index (χ1) is 15.9. The van der Waals surface area contributed by atoms with Crippen LogP contribution in [0, 0.1) is 6.92 Å². The van der Waals surface area contributed by atoms with Crippen molar-refractivity contribution in [1.82, 2.24) is 4.90 Å². The van der Waals surface area contributed by atoms with Gasteiger partial charge < -0.3 is 10.1 Å². The quantitative estimate of drug-likeness (QED) is 0.553. The molecular weight excluding hydrogens is 438 g/mol. The summed E-state index contributed by atoms with van der Waals surface area (Å²) in [6.07, 6.45) is 0. The van der Waals surface area contributed by atoms with E-state index in [1.54, 1.807) is 12.1 Å². The van der Waals surface area contributed by atoms with Crippen LogP contribution in [-0.4, -0.2) is 45.5 Å². The Morgan fingerprint density at radius 2 is 1.61 bits per heavy atom. The number of aryl methyl sites for hydroxylation is 1. The van der Waals surface area contributed by atoms with E-state index in [4.69, 9.17) is 4.74 Å². The number of hydrogen-bond donors (Lipinski definition) is 2. The van der Waals surface area contributed by atoms with Crippen LogP contribution in [0.4, 0.5) is 11.4 Å². The maximum Gasteiger partial charge on any atom is 0.261 e. The Hall–Kier alpha value is -3.20. The molecule has 1 heterocycles. The van der Waals surface area contributed by atoms with E-state index >= 15 is 0 Å². The minimum absolute atomic E-state index is 0.0901. The highest BCUT2D eigenvalue weighted by molar-refractivity contribution is 7.92. The first-order valence-corrected chi connectivity index (χ1v) is 12.3. The number of morpholine rings is 1. The van der Waals surface area contributed by atoms with Gasteiger partial charge in [0, 0.05) is 36.6 Å². The molecule has 0 spiro atoms. The van der Waals surface area contributed by atoms with E-state index in [0.29, 0.717) is 24.5 Å². The molecule has 8 heteroatoms. The average molecular weight is 466 g/mol. The van der Waals surface area contributed by atoms with E-state index in [0.717, 1.165) is 36.4 Å². The second-order valence-electron chi connectivity index (χ2n) is 8.00. The zero-order chi connectivity index (χ0) is 23.3. The van der Waals surface area contributed by atoms with Crippen LogP contribution in [0.5, 0.6) is 0 Å². The van der Waals surface area contributed by atoms with E-state index < -0.39 is 10.0 Å². The minimum Gasteiger partial charge on any atom is -0.379 e. The summed E-state index contributed by atoms with van der Waals surface area (Å²) in [5.74, 6) is -0.292. The summed E-state index contributed by atoms with van der Waals surface area (Å²) in [5, 5.41) is 2.96. The Kier molecular flexibility index (Phi) is 7.08. The van der Waals surface area contributed by atoms with Crippen molar-refractivity contribution in [1.29, 1.82) is 0 Å². The molecule has 1 fully saturated rings. The van der Waals surface area contributed by atoms with Crippen LogP contribution in [0.2, 0.25) is 0 Å². The summed E-state index contributed by atoms with van der Waals surface area (Å²) >= 11 is 0. The Morgan fingerprint density at radius 3 is 2.30 bits per heavy atom. The van der Waals surface area contributed by atoms with Crippen LogP contribution in [0.3, 0.4) is 0 Å². The standard InChI is InChI=1S/C25H27N3O4S/c1-19-6-10-22(11-7-19)27-33(30,31)23-12-8-20(9-13-23)25(29)26-24-5-3-2-4-21(24)18-28-14-16-32-17-15-28/h2-13,27H,14-18H2,1H3,(H,26,29). The molecule has 7 nitrogen and oxygen atoms in total. The fraction of sp³-hybridized carbons (Fsp3) is 0.240. The molecule has 33 heavy (non-hydrogen) atoms. The van der Waals surface area contributed by atoms with Gasteiger partial charge >= 0.3 is 0 Å². The van der Waals surface area contributed by atoms with E-state index in [2.05, 4.69) is 14.9 Å². The Bertz CT molecular complexity index is 1200. The number of nitrogens with one attached hydrogen (secondary N) is 2. The van der Waals surface area contributed by atoms with Crippen molar-refractivity contribution in [2.24, 2.45) is 0 Å². The first kappa shape index (κ1) is 23.0. The molecule has 0 saturated carbocycles. The number of rotatable bonds is 7. The number of hydrogen-bond acceptors (Lipinski definition) is 5. The van der Waals surface area contributed by atoms with Gasteiger partial charge in [0.2, 0.25) is 0 Å². The van der Waals surface area contributed by atoms with Crippen molar-refractivity contribution < 1.29 is 17.9 Å². The molecule has 0 aromatic heterocycles. The van der Waals surface area contributed by atoms with Gasteiger partial charge in [-0.05, 0) is 55.0 Å². The zero-order valence-corrected chi connectivity index (χ0v) is 19.3. The maximum absolute atomic E-state index is 12.8. The normalized spacial score (nSPS) is 14.6. The number of ether oxygens (including phenoxy) is 1. The van der Waals surface area contributed by atoms with Gasteiger partial charge in [-0.1, -0.05) is 35.9 Å². The lowest BCUT2D eigenvalue weighted by atomic mass is 10.1. The molecule has 1 saturated heterocycles. The lowest BCUT2D eigenvalue weighted by molar-refractivity contribution is 0.0342. The zero-order valence-electron chi connectivity index (χ0n) is 18.5. The molecular formula is C25H27N3O4S. The number of nitrogens with zero attached hydrogens (tertiary/aromatic N) is 1. The first-order valence-electron chi connectivity index (χ1n) is 10.8. The summed E-state index contributed by atoms with van der Waals surface area (Å²) in [5.41, 5.74) is 3.67. The molecule has 0 unspecified atom stereocenters. The average Bonchev–Trinajstić information content (AvgIpc) is 2.82. The summed E-state index contributed by atoms with van der Waals surface area (Å²) in [6, 6.07) is 20.7. The number of para-hydroxylation sites is 1. The lowest BCUT2D eigenvalue weighted by Crippen LogP contribution is -2.35. The van der Waals surface area contributed by atoms with Gasteiger partial charge in [-0.2, -0.15) is 0 Å². The van der Waals surface area contributed by atoms with Gasteiger partial charge in [-0.15, -0.1) is 0 Å². The number of benzene rings is 3. The highest BCUT2D eigenvalue weighted by Crippen LogP contribution is 2.21. The molecule has 1 amide bonds. The fourth-order valence-electron chi connectivity index (χ4n) is 3.60. The van der Waals surface area contributed by atoms with Crippen LogP contribution in [-0.2, 0) is 21.3 Å². The third-order valence-corrected chi connectivity index (χ3v) is 6.89. The largest absolute Gasteiger partial charge is 0.379 e. The van der Waals surface area contributed by atoms with Crippen molar-refractivity contribution in [3.05, 3.63) is 89.5 Å². The number of amides is 1. The van der Waals surface area contributed by atoms with Crippen LogP contribution in [0.25, 0.3) is 0 Å². The molecule has 0 aliphatic carbocycles. The third kappa shape index (κ3) is 5.98. The number of anilines is 2. The van der Waals surface area contributed by atoms with Crippen LogP contribution < -0.4 is 10.0 Å². The fourth-order valence-corrected chi connectivity index (χ4v) is 4.65. The molecule has 0 atom stereocenters. The van der Waals surface area contributed by atoms with E-state index in [1.807, 2.05) is 43.3 Å². The molecule has 0 radical (unpaired) electrons. The van der Waals surface area contributed by atoms with Crippen molar-refractivity contribution in [3.8, 4) is 0 Å². The maximum atomic E-state index is 12.8. The number of carbonyl (C=O) groups is 1. The molecule has 2 N–H and O–H groups in total. The van der Waals surface area contributed by atoms with Crippen molar-refractivity contribution in [2.75, 3.05) is 36.3 Å². The van der Waals surface area contributed by atoms with Crippen LogP contribution in [0.1, 0.15) is 21.5 Å². The topological polar surface area (TPSA) is 87.7 Å². The molecule has 172 valence electrons. The molecule has 3 aromatic carbocycles. The molecule has 3 aromatic rings. The predicted octanol–water partition coefficient (Wildman–Crippen LogP) is 3.88. The van der Waals surface area contributed by atoms with Gasteiger partial charge in [-0.25, -0.2) is 8.42 Å². The molecule has 1 aliphatic heterocycles. The summed E-state index contributed by atoms with van der Waals surface area (Å²) < 4.78 is 33.3. The number of sulfonamides is 1. The smallest absolute Gasteiger partial charge is 0.261 e. The van der Waals surface area contributed by atoms with Gasteiger partial charge in [0.1, 0.15) is 0 Å². The second kappa shape index (κ2) is 10.2. The summed E-state index contributed by atoms with van der Waals surface area (Å²) in [7, 11) is -3.75. The van der Waals surface area contributed by atoms with Gasteiger partial charge in [0.25, 0.3) is 15.9 Å². The van der Waals surface area contributed by atoms with Crippen molar-refractivity contribution in [2.45, 2.75) is 18.4 Å².